The Bertz CT molecular complexity index is 489. The van der Waals surface area contributed by atoms with Crippen molar-refractivity contribution in [1.29, 1.82) is 0 Å². The van der Waals surface area contributed by atoms with E-state index in [2.05, 4.69) is 9.88 Å². The van der Waals surface area contributed by atoms with E-state index in [-0.39, 0.29) is 6.04 Å². The monoisotopic (exact) mass is 269 g/mol. The number of nitrogens with zero attached hydrogens (tertiary/aromatic N) is 3. The van der Waals surface area contributed by atoms with Crippen LogP contribution in [0.25, 0.3) is 0 Å². The first-order valence-electron chi connectivity index (χ1n) is 6.07. The van der Waals surface area contributed by atoms with Crippen LogP contribution in [0.4, 0.5) is 5.82 Å². The molecule has 5 nitrogen and oxygen atoms in total. The van der Waals surface area contributed by atoms with Gasteiger partial charge in [0, 0.05) is 32.4 Å². The standard InChI is InChI=1S/C12H19N3O2S/c1-14(18(2,16)17)11-6-5-9-15(10-11)12-7-3-4-8-13-12/h3-4,7-8,11H,5-6,9-10H2,1-2H3/t11-/m1/s1. The molecule has 0 bridgehead atoms. The van der Waals surface area contributed by atoms with Crippen LogP contribution in [-0.4, -0.2) is 50.1 Å². The van der Waals surface area contributed by atoms with Crippen LogP contribution in [0.1, 0.15) is 12.8 Å². The predicted molar refractivity (Wildman–Crippen MR) is 72.1 cm³/mol. The van der Waals surface area contributed by atoms with Crippen LogP contribution >= 0.6 is 0 Å². The number of aromatic nitrogens is 1. The van der Waals surface area contributed by atoms with Gasteiger partial charge in [-0.05, 0) is 25.0 Å². The maximum Gasteiger partial charge on any atom is 0.211 e. The Labute approximate surface area is 108 Å². The maximum absolute atomic E-state index is 11.6. The molecule has 1 aromatic heterocycles. The fraction of sp³-hybridized carbons (Fsp3) is 0.583. The molecule has 100 valence electrons. The van der Waals surface area contributed by atoms with E-state index in [4.69, 9.17) is 0 Å². The molecule has 0 aliphatic carbocycles. The van der Waals surface area contributed by atoms with Gasteiger partial charge in [-0.2, -0.15) is 0 Å². The average molecular weight is 269 g/mol. The van der Waals surface area contributed by atoms with Crippen molar-refractivity contribution in [2.24, 2.45) is 0 Å². The molecule has 0 saturated carbocycles. The van der Waals surface area contributed by atoms with Crippen molar-refractivity contribution in [3.63, 3.8) is 0 Å². The number of rotatable bonds is 3. The Morgan fingerprint density at radius 2 is 2.22 bits per heavy atom. The minimum absolute atomic E-state index is 0.0377. The molecule has 0 N–H and O–H groups in total. The normalized spacial score (nSPS) is 21.3. The molecule has 1 aliphatic rings. The number of pyridine rings is 1. The highest BCUT2D eigenvalue weighted by Gasteiger charge is 2.28. The van der Waals surface area contributed by atoms with Crippen LogP contribution in [-0.2, 0) is 10.0 Å². The first-order valence-corrected chi connectivity index (χ1v) is 7.92. The van der Waals surface area contributed by atoms with Gasteiger partial charge in [-0.1, -0.05) is 6.07 Å². The molecule has 1 saturated heterocycles. The molecule has 1 atom stereocenters. The Morgan fingerprint density at radius 3 is 2.83 bits per heavy atom. The highest BCUT2D eigenvalue weighted by Crippen LogP contribution is 2.21. The van der Waals surface area contributed by atoms with Crippen LogP contribution < -0.4 is 4.90 Å². The summed E-state index contributed by atoms with van der Waals surface area (Å²) in [5.74, 6) is 0.920. The topological polar surface area (TPSA) is 53.5 Å². The van der Waals surface area contributed by atoms with Gasteiger partial charge in [0.1, 0.15) is 5.82 Å². The lowest BCUT2D eigenvalue weighted by atomic mass is 10.1. The second-order valence-electron chi connectivity index (χ2n) is 4.71. The molecule has 0 amide bonds. The van der Waals surface area contributed by atoms with E-state index in [1.807, 2.05) is 18.2 Å². The maximum atomic E-state index is 11.6. The van der Waals surface area contributed by atoms with Gasteiger partial charge in [-0.25, -0.2) is 17.7 Å². The Morgan fingerprint density at radius 1 is 1.44 bits per heavy atom. The first kappa shape index (κ1) is 13.3. The molecule has 1 aromatic rings. The van der Waals surface area contributed by atoms with E-state index in [9.17, 15) is 8.42 Å². The van der Waals surface area contributed by atoms with Gasteiger partial charge < -0.3 is 4.90 Å². The molecule has 6 heteroatoms. The number of likely N-dealkylation sites (N-methyl/N-ethyl adjacent to an activating group) is 1. The van der Waals surface area contributed by atoms with Crippen molar-refractivity contribution >= 4 is 15.8 Å². The minimum Gasteiger partial charge on any atom is -0.355 e. The minimum atomic E-state index is -3.12. The van der Waals surface area contributed by atoms with Crippen molar-refractivity contribution in [2.45, 2.75) is 18.9 Å². The van der Waals surface area contributed by atoms with Crippen molar-refractivity contribution in [1.82, 2.24) is 9.29 Å². The third kappa shape index (κ3) is 3.00. The quantitative estimate of drug-likeness (QED) is 0.819. The lowest BCUT2D eigenvalue weighted by Crippen LogP contribution is -2.48. The molecule has 1 fully saturated rings. The van der Waals surface area contributed by atoms with Gasteiger partial charge in [-0.15, -0.1) is 0 Å². The van der Waals surface area contributed by atoms with Crippen LogP contribution in [0.3, 0.4) is 0 Å². The van der Waals surface area contributed by atoms with Gasteiger partial charge in [-0.3, -0.25) is 0 Å². The zero-order valence-corrected chi connectivity index (χ0v) is 11.6. The molecule has 1 aliphatic heterocycles. The van der Waals surface area contributed by atoms with E-state index in [1.54, 1.807) is 13.2 Å². The second-order valence-corrected chi connectivity index (χ2v) is 6.75. The van der Waals surface area contributed by atoms with Gasteiger partial charge in [0.05, 0.1) is 6.26 Å². The molecule has 0 radical (unpaired) electrons. The zero-order chi connectivity index (χ0) is 13.2. The van der Waals surface area contributed by atoms with Gasteiger partial charge in [0.2, 0.25) is 10.0 Å². The van der Waals surface area contributed by atoms with Crippen molar-refractivity contribution in [2.75, 3.05) is 31.3 Å². The van der Waals surface area contributed by atoms with Crippen LogP contribution in [0.15, 0.2) is 24.4 Å². The van der Waals surface area contributed by atoms with E-state index in [1.165, 1.54) is 10.6 Å². The lowest BCUT2D eigenvalue weighted by molar-refractivity contribution is 0.321. The summed E-state index contributed by atoms with van der Waals surface area (Å²) in [4.78, 5) is 6.46. The lowest BCUT2D eigenvalue weighted by Gasteiger charge is -2.37. The molecule has 18 heavy (non-hydrogen) atoms. The molecule has 0 spiro atoms. The number of sulfonamides is 1. The first-order chi connectivity index (χ1) is 8.48. The van der Waals surface area contributed by atoms with Crippen LogP contribution in [0, 0.1) is 0 Å². The van der Waals surface area contributed by atoms with Crippen molar-refractivity contribution in [3.05, 3.63) is 24.4 Å². The highest BCUT2D eigenvalue weighted by molar-refractivity contribution is 7.88. The predicted octanol–water partition coefficient (Wildman–Crippen LogP) is 0.942. The summed E-state index contributed by atoms with van der Waals surface area (Å²) < 4.78 is 24.6. The van der Waals surface area contributed by atoms with Gasteiger partial charge in [0.15, 0.2) is 0 Å². The number of hydrogen-bond donors (Lipinski definition) is 0. The third-order valence-corrected chi connectivity index (χ3v) is 4.75. The fourth-order valence-electron chi connectivity index (χ4n) is 2.27. The molecule has 0 aromatic carbocycles. The summed E-state index contributed by atoms with van der Waals surface area (Å²) in [6.45, 7) is 1.64. The SMILES string of the molecule is CN([C@@H]1CCCN(c2ccccn2)C1)S(C)(=O)=O. The molecule has 0 unspecified atom stereocenters. The summed E-state index contributed by atoms with van der Waals surface area (Å²) in [6.07, 6.45) is 4.92. The van der Waals surface area contributed by atoms with Crippen LogP contribution in [0.2, 0.25) is 0 Å². The fourth-order valence-corrected chi connectivity index (χ4v) is 2.98. The second kappa shape index (κ2) is 5.24. The summed E-state index contributed by atoms with van der Waals surface area (Å²) in [5.41, 5.74) is 0. The Kier molecular flexibility index (Phi) is 3.87. The van der Waals surface area contributed by atoms with E-state index in [0.717, 1.165) is 25.2 Å². The smallest absolute Gasteiger partial charge is 0.211 e. The number of hydrogen-bond acceptors (Lipinski definition) is 4. The van der Waals surface area contributed by atoms with Crippen LogP contribution in [0.5, 0.6) is 0 Å². The average Bonchev–Trinajstić information content (AvgIpc) is 2.38. The highest BCUT2D eigenvalue weighted by atomic mass is 32.2. The van der Waals surface area contributed by atoms with E-state index in [0.29, 0.717) is 6.54 Å². The summed E-state index contributed by atoms with van der Waals surface area (Å²) in [7, 11) is -1.47. The van der Waals surface area contributed by atoms with E-state index >= 15 is 0 Å². The zero-order valence-electron chi connectivity index (χ0n) is 10.8. The molecule has 2 rings (SSSR count). The Balaban J connectivity index is 2.10. The molecular weight excluding hydrogens is 250 g/mol. The summed E-state index contributed by atoms with van der Waals surface area (Å²) in [5, 5.41) is 0. The van der Waals surface area contributed by atoms with Crippen molar-refractivity contribution < 1.29 is 8.42 Å². The van der Waals surface area contributed by atoms with E-state index < -0.39 is 10.0 Å². The molecule has 2 heterocycles. The van der Waals surface area contributed by atoms with Gasteiger partial charge >= 0.3 is 0 Å². The van der Waals surface area contributed by atoms with Crippen molar-refractivity contribution in [3.8, 4) is 0 Å². The summed E-state index contributed by atoms with van der Waals surface area (Å²) in [6, 6.07) is 5.83. The largest absolute Gasteiger partial charge is 0.355 e. The Hall–Kier alpha value is -1.14. The van der Waals surface area contributed by atoms with Gasteiger partial charge in [0.25, 0.3) is 0 Å². The number of piperidine rings is 1. The number of anilines is 1. The summed E-state index contributed by atoms with van der Waals surface area (Å²) >= 11 is 0. The molecular formula is C12H19N3O2S. The third-order valence-electron chi connectivity index (χ3n) is 3.41.